The molecule has 1 heterocycles. The first-order chi connectivity index (χ1) is 14.5. The van der Waals surface area contributed by atoms with Crippen molar-refractivity contribution in [1.82, 2.24) is 14.9 Å². The van der Waals surface area contributed by atoms with Gasteiger partial charge in [-0.15, -0.1) is 0 Å². The van der Waals surface area contributed by atoms with E-state index in [1.807, 2.05) is 24.7 Å². The summed E-state index contributed by atoms with van der Waals surface area (Å²) in [5, 5.41) is 2.88. The van der Waals surface area contributed by atoms with Crippen LogP contribution in [-0.2, 0) is 13.7 Å². The highest BCUT2D eigenvalue weighted by Crippen LogP contribution is 2.28. The second-order valence-electron chi connectivity index (χ2n) is 6.62. The van der Waals surface area contributed by atoms with E-state index in [4.69, 9.17) is 4.74 Å². The second kappa shape index (κ2) is 9.87. The Bertz CT molecular complexity index is 974. The summed E-state index contributed by atoms with van der Waals surface area (Å²) < 4.78 is 37.5. The number of para-hydroxylation sites is 1. The van der Waals surface area contributed by atoms with Gasteiger partial charge in [-0.25, -0.2) is 4.98 Å². The summed E-state index contributed by atoms with van der Waals surface area (Å²) in [6, 6.07) is 12.7. The zero-order valence-electron chi connectivity index (χ0n) is 16.7. The van der Waals surface area contributed by atoms with E-state index in [0.29, 0.717) is 29.9 Å². The fourth-order valence-corrected chi connectivity index (χ4v) is 3.00. The minimum absolute atomic E-state index is 0.0534. The minimum atomic E-state index is -2.93. The van der Waals surface area contributed by atoms with Gasteiger partial charge in [0.15, 0.2) is 0 Å². The van der Waals surface area contributed by atoms with Crippen LogP contribution in [0.3, 0.4) is 0 Å². The summed E-state index contributed by atoms with van der Waals surface area (Å²) in [6.07, 6.45) is 4.04. The molecule has 6 nitrogen and oxygen atoms in total. The van der Waals surface area contributed by atoms with Crippen LogP contribution in [0.4, 0.5) is 8.78 Å². The van der Waals surface area contributed by atoms with E-state index < -0.39 is 12.7 Å². The van der Waals surface area contributed by atoms with Crippen LogP contribution in [0.1, 0.15) is 41.1 Å². The molecule has 0 fully saturated rings. The predicted molar refractivity (Wildman–Crippen MR) is 108 cm³/mol. The number of rotatable bonds is 9. The van der Waals surface area contributed by atoms with Gasteiger partial charge in [-0.3, -0.25) is 4.79 Å². The molecule has 0 spiro atoms. The van der Waals surface area contributed by atoms with Crippen molar-refractivity contribution in [3.05, 3.63) is 77.9 Å². The molecule has 0 saturated heterocycles. The van der Waals surface area contributed by atoms with Gasteiger partial charge >= 0.3 is 6.61 Å². The molecule has 0 saturated carbocycles. The number of nitrogens with one attached hydrogen (secondary N) is 1. The molecular weight excluding hydrogens is 392 g/mol. The third kappa shape index (κ3) is 5.34. The highest BCUT2D eigenvalue weighted by atomic mass is 19.3. The molecule has 1 amide bonds. The van der Waals surface area contributed by atoms with Crippen molar-refractivity contribution in [2.45, 2.75) is 32.6 Å². The first kappa shape index (κ1) is 21.3. The van der Waals surface area contributed by atoms with E-state index in [1.165, 1.54) is 6.07 Å². The van der Waals surface area contributed by atoms with Gasteiger partial charge in [0.1, 0.15) is 23.9 Å². The average Bonchev–Trinajstić information content (AvgIpc) is 3.15. The largest absolute Gasteiger partial charge is 0.486 e. The number of hydrogen-bond donors (Lipinski definition) is 1. The van der Waals surface area contributed by atoms with Crippen LogP contribution < -0.4 is 14.8 Å². The van der Waals surface area contributed by atoms with Crippen LogP contribution in [0, 0.1) is 0 Å². The number of aryl methyl sites for hydroxylation is 1. The molecule has 1 N–H and O–H groups in total. The number of alkyl halides is 2. The number of ether oxygens (including phenoxy) is 2. The number of hydrogen-bond acceptors (Lipinski definition) is 4. The number of imidazole rings is 1. The summed E-state index contributed by atoms with van der Waals surface area (Å²) in [4.78, 5) is 16.9. The number of aromatic nitrogens is 2. The van der Waals surface area contributed by atoms with Gasteiger partial charge in [0.25, 0.3) is 5.91 Å². The lowest BCUT2D eigenvalue weighted by atomic mass is 10.0. The molecule has 1 atom stereocenters. The summed E-state index contributed by atoms with van der Waals surface area (Å²) in [6.45, 7) is -0.760. The first-order valence-electron chi connectivity index (χ1n) is 9.51. The van der Waals surface area contributed by atoms with E-state index in [9.17, 15) is 13.6 Å². The summed E-state index contributed by atoms with van der Waals surface area (Å²) in [5.41, 5.74) is 0.939. The number of nitrogens with zero attached hydrogens (tertiary/aromatic N) is 2. The Kier molecular flexibility index (Phi) is 7.00. The Hall–Kier alpha value is -3.42. The molecule has 3 aromatic rings. The zero-order chi connectivity index (χ0) is 21.5. The van der Waals surface area contributed by atoms with Crippen LogP contribution in [0.5, 0.6) is 11.5 Å². The number of halogens is 2. The third-order valence-corrected chi connectivity index (χ3v) is 4.63. The minimum Gasteiger partial charge on any atom is -0.486 e. The van der Waals surface area contributed by atoms with E-state index in [0.717, 1.165) is 5.82 Å². The number of benzene rings is 2. The molecule has 30 heavy (non-hydrogen) atoms. The maximum absolute atomic E-state index is 12.7. The molecule has 0 aliphatic rings. The number of carbonyl (C=O) groups is 1. The SMILES string of the molecule is CCC(NC(=O)c1ccc(OCc2nccn2C)cc1)c1ccccc1OC(F)F. The highest BCUT2D eigenvalue weighted by Gasteiger charge is 2.19. The van der Waals surface area contributed by atoms with Crippen molar-refractivity contribution in [1.29, 1.82) is 0 Å². The molecule has 0 radical (unpaired) electrons. The van der Waals surface area contributed by atoms with Crippen molar-refractivity contribution in [2.24, 2.45) is 7.05 Å². The maximum Gasteiger partial charge on any atom is 0.387 e. The smallest absolute Gasteiger partial charge is 0.387 e. The molecule has 0 aliphatic heterocycles. The third-order valence-electron chi connectivity index (χ3n) is 4.63. The van der Waals surface area contributed by atoms with E-state index in [2.05, 4.69) is 15.0 Å². The first-order valence-corrected chi connectivity index (χ1v) is 9.51. The normalized spacial score (nSPS) is 11.9. The fraction of sp³-hybridized carbons (Fsp3) is 0.273. The van der Waals surface area contributed by atoms with Gasteiger partial charge in [0.2, 0.25) is 0 Å². The molecule has 3 rings (SSSR count). The second-order valence-corrected chi connectivity index (χ2v) is 6.62. The van der Waals surface area contributed by atoms with Gasteiger partial charge in [0, 0.05) is 30.6 Å². The number of amides is 1. The molecule has 8 heteroatoms. The highest BCUT2D eigenvalue weighted by molar-refractivity contribution is 5.94. The van der Waals surface area contributed by atoms with Crippen LogP contribution in [0.25, 0.3) is 0 Å². The Balaban J connectivity index is 1.65. The van der Waals surface area contributed by atoms with Gasteiger partial charge in [0.05, 0.1) is 6.04 Å². The molecular formula is C22H23F2N3O3. The average molecular weight is 415 g/mol. The Labute approximate surface area is 173 Å². The van der Waals surface area contributed by atoms with E-state index >= 15 is 0 Å². The fourth-order valence-electron chi connectivity index (χ4n) is 3.00. The van der Waals surface area contributed by atoms with Crippen molar-refractivity contribution >= 4 is 5.91 Å². The summed E-state index contributed by atoms with van der Waals surface area (Å²) >= 11 is 0. The quantitative estimate of drug-likeness (QED) is 0.560. The zero-order valence-corrected chi connectivity index (χ0v) is 16.7. The van der Waals surface area contributed by atoms with Gasteiger partial charge in [-0.1, -0.05) is 25.1 Å². The van der Waals surface area contributed by atoms with Crippen LogP contribution >= 0.6 is 0 Å². The van der Waals surface area contributed by atoms with Crippen LogP contribution in [0.15, 0.2) is 60.9 Å². The summed E-state index contributed by atoms with van der Waals surface area (Å²) in [5.74, 6) is 1.13. The monoisotopic (exact) mass is 415 g/mol. The maximum atomic E-state index is 12.7. The van der Waals surface area contributed by atoms with Crippen LogP contribution in [-0.4, -0.2) is 22.1 Å². The molecule has 1 aromatic heterocycles. The van der Waals surface area contributed by atoms with Crippen molar-refractivity contribution in [2.75, 3.05) is 0 Å². The lowest BCUT2D eigenvalue weighted by Gasteiger charge is -2.20. The number of carbonyl (C=O) groups excluding carboxylic acids is 1. The van der Waals surface area contributed by atoms with E-state index in [-0.39, 0.29) is 11.7 Å². The molecule has 2 aromatic carbocycles. The summed E-state index contributed by atoms with van der Waals surface area (Å²) in [7, 11) is 1.88. The predicted octanol–water partition coefficient (Wildman–Crippen LogP) is 4.48. The lowest BCUT2D eigenvalue weighted by molar-refractivity contribution is -0.0506. The molecule has 0 aliphatic carbocycles. The topological polar surface area (TPSA) is 65.4 Å². The molecule has 1 unspecified atom stereocenters. The van der Waals surface area contributed by atoms with Gasteiger partial charge < -0.3 is 19.4 Å². The van der Waals surface area contributed by atoms with Crippen LogP contribution in [0.2, 0.25) is 0 Å². The Morgan fingerprint density at radius 2 is 1.90 bits per heavy atom. The molecule has 158 valence electrons. The van der Waals surface area contributed by atoms with Crippen molar-refractivity contribution < 1.29 is 23.0 Å². The van der Waals surface area contributed by atoms with Gasteiger partial charge in [-0.05, 0) is 36.8 Å². The lowest BCUT2D eigenvalue weighted by Crippen LogP contribution is -2.28. The Morgan fingerprint density at radius 1 is 1.17 bits per heavy atom. The Morgan fingerprint density at radius 3 is 2.53 bits per heavy atom. The van der Waals surface area contributed by atoms with E-state index in [1.54, 1.807) is 48.7 Å². The van der Waals surface area contributed by atoms with Crippen molar-refractivity contribution in [3.8, 4) is 11.5 Å². The standard InChI is InChI=1S/C22H23F2N3O3/c1-3-18(17-6-4-5-7-19(17)30-22(23)24)26-21(28)15-8-10-16(11-9-15)29-14-20-25-12-13-27(20)2/h4-13,18,22H,3,14H2,1-2H3,(H,26,28). The molecule has 0 bridgehead atoms. The van der Waals surface area contributed by atoms with Crippen molar-refractivity contribution in [3.63, 3.8) is 0 Å². The van der Waals surface area contributed by atoms with Gasteiger partial charge in [-0.2, -0.15) is 8.78 Å².